The van der Waals surface area contributed by atoms with Crippen LogP contribution in [0.5, 0.6) is 0 Å². The van der Waals surface area contributed by atoms with Crippen LogP contribution in [0, 0.1) is 18.6 Å². The minimum atomic E-state index is -2.44. The van der Waals surface area contributed by atoms with Gasteiger partial charge >= 0.3 is 0 Å². The predicted octanol–water partition coefficient (Wildman–Crippen LogP) is 3.06. The summed E-state index contributed by atoms with van der Waals surface area (Å²) in [6.45, 7) is 3.21. The molecule has 1 aromatic carbocycles. The Kier molecular flexibility index (Phi) is 5.64. The van der Waals surface area contributed by atoms with Crippen molar-refractivity contribution in [3.63, 3.8) is 0 Å². The number of rotatable bonds is 4. The summed E-state index contributed by atoms with van der Waals surface area (Å²) in [5.74, 6) is 3.08. The molecule has 0 spiro atoms. The minimum absolute atomic E-state index is 0.0567. The molecule has 2 aliphatic heterocycles. The Morgan fingerprint density at radius 3 is 2.66 bits per heavy atom. The molecule has 0 radical (unpaired) electrons. The lowest BCUT2D eigenvalue weighted by atomic mass is 9.92. The van der Waals surface area contributed by atoms with Crippen LogP contribution in [-0.4, -0.2) is 48.1 Å². The van der Waals surface area contributed by atoms with Crippen LogP contribution in [0.15, 0.2) is 18.3 Å². The Morgan fingerprint density at radius 1 is 1.22 bits per heavy atom. The van der Waals surface area contributed by atoms with Crippen molar-refractivity contribution < 1.29 is 17.7 Å². The van der Waals surface area contributed by atoms with E-state index in [-0.39, 0.29) is 22.4 Å². The van der Waals surface area contributed by atoms with Crippen LogP contribution in [0.3, 0.4) is 0 Å². The molecule has 0 amide bonds. The first kappa shape index (κ1) is 22.0. The molecule has 3 unspecified atom stereocenters. The summed E-state index contributed by atoms with van der Waals surface area (Å²) in [4.78, 5) is 2.24. The van der Waals surface area contributed by atoms with E-state index in [4.69, 9.17) is 10.5 Å². The van der Waals surface area contributed by atoms with Crippen LogP contribution in [0.25, 0.3) is 0 Å². The molecule has 1 aliphatic carbocycles. The highest BCUT2D eigenvalue weighted by atomic mass is 32.2. The molecule has 0 bridgehead atoms. The number of hydrogen-bond acceptors (Lipinski definition) is 5. The van der Waals surface area contributed by atoms with Crippen molar-refractivity contribution in [3.05, 3.63) is 52.3 Å². The highest BCUT2D eigenvalue weighted by molar-refractivity contribution is 7.99. The van der Waals surface area contributed by atoms with Gasteiger partial charge in [-0.2, -0.15) is 9.19 Å². The smallest absolute Gasteiger partial charge is 0.129 e. The molecule has 2 fully saturated rings. The van der Waals surface area contributed by atoms with Crippen molar-refractivity contribution in [1.29, 1.82) is 0 Å². The van der Waals surface area contributed by atoms with E-state index in [2.05, 4.69) is 15.9 Å². The van der Waals surface area contributed by atoms with Crippen molar-refractivity contribution in [2.45, 2.75) is 75.6 Å². The molecule has 9 heteroatoms. The van der Waals surface area contributed by atoms with Crippen LogP contribution in [0.4, 0.5) is 8.78 Å². The van der Waals surface area contributed by atoms with Gasteiger partial charge in [0.2, 0.25) is 0 Å². The minimum Gasteiger partial charge on any atom is -0.370 e. The average Bonchev–Trinajstić information content (AvgIpc) is 3.47. The van der Waals surface area contributed by atoms with E-state index >= 15 is 0 Å². The fourth-order valence-corrected chi connectivity index (χ4v) is 7.19. The van der Waals surface area contributed by atoms with Crippen molar-refractivity contribution >= 4 is 15.6 Å². The molecular formula is C23H30F2N4O2S. The fraction of sp³-hybridized carbons (Fsp3) is 0.565. The third-order valence-corrected chi connectivity index (χ3v) is 9.56. The molecular weight excluding hydrogens is 434 g/mol. The molecule has 1 saturated carbocycles. The van der Waals surface area contributed by atoms with Crippen LogP contribution >= 0.6 is 0 Å². The summed E-state index contributed by atoms with van der Waals surface area (Å²) >= 11 is 0. The summed E-state index contributed by atoms with van der Waals surface area (Å²) in [7, 11) is -2.44. The number of hydrogen-bond donors (Lipinski definition) is 1. The first-order valence-electron chi connectivity index (χ1n) is 11.2. The quantitative estimate of drug-likeness (QED) is 0.704. The van der Waals surface area contributed by atoms with E-state index in [1.54, 1.807) is 4.09 Å². The second-order valence-corrected chi connectivity index (χ2v) is 11.9. The van der Waals surface area contributed by atoms with Crippen molar-refractivity contribution in [2.24, 2.45) is 5.73 Å². The summed E-state index contributed by atoms with van der Waals surface area (Å²) in [5, 5.41) is 4.74. The van der Waals surface area contributed by atoms with Crippen LogP contribution in [0.1, 0.15) is 60.6 Å². The third kappa shape index (κ3) is 3.79. The van der Waals surface area contributed by atoms with Gasteiger partial charge in [-0.1, -0.05) is 12.8 Å². The van der Waals surface area contributed by atoms with Gasteiger partial charge in [-0.05, 0) is 49.8 Å². The van der Waals surface area contributed by atoms with Gasteiger partial charge in [0.1, 0.15) is 17.7 Å². The van der Waals surface area contributed by atoms with Gasteiger partial charge in [0, 0.05) is 47.7 Å². The number of fused-ring (bicyclic) bond motifs is 1. The number of aromatic nitrogens is 2. The molecule has 2 aromatic rings. The van der Waals surface area contributed by atoms with Gasteiger partial charge < -0.3 is 10.5 Å². The number of aryl methyl sites for hydroxylation is 1. The van der Waals surface area contributed by atoms with Crippen molar-refractivity contribution in [3.8, 4) is 0 Å². The molecule has 3 aliphatic rings. The van der Waals surface area contributed by atoms with Gasteiger partial charge in [0.25, 0.3) is 0 Å². The van der Waals surface area contributed by atoms with Crippen molar-refractivity contribution in [1.82, 2.24) is 14.1 Å². The summed E-state index contributed by atoms with van der Waals surface area (Å²) < 4.78 is 49.2. The Morgan fingerprint density at radius 2 is 1.97 bits per heavy atom. The molecule has 6 nitrogen and oxygen atoms in total. The number of nitrogens with two attached hydrogens (primary N) is 1. The molecule has 2 N–H and O–H groups in total. The molecule has 32 heavy (non-hydrogen) atoms. The normalized spacial score (nSPS) is 28.7. The van der Waals surface area contributed by atoms with Crippen LogP contribution in [-0.2, 0) is 27.5 Å². The molecule has 1 aromatic heterocycles. The highest BCUT2D eigenvalue weighted by Gasteiger charge is 2.38. The lowest BCUT2D eigenvalue weighted by molar-refractivity contribution is -0.0533. The van der Waals surface area contributed by atoms with Gasteiger partial charge in [-0.15, -0.1) is 0 Å². The molecule has 1 saturated heterocycles. The largest absolute Gasteiger partial charge is 0.370 e. The molecule has 174 valence electrons. The highest BCUT2D eigenvalue weighted by Crippen LogP contribution is 2.35. The Labute approximate surface area is 187 Å². The predicted molar refractivity (Wildman–Crippen MR) is 121 cm³/mol. The van der Waals surface area contributed by atoms with Gasteiger partial charge in [-0.25, -0.2) is 13.0 Å². The lowest BCUT2D eigenvalue weighted by Crippen LogP contribution is -2.47. The third-order valence-electron chi connectivity index (χ3n) is 7.22. The summed E-state index contributed by atoms with van der Waals surface area (Å²) in [6, 6.07) is 2.00. The van der Waals surface area contributed by atoms with E-state index in [1.165, 1.54) is 19.1 Å². The first-order valence-corrected chi connectivity index (χ1v) is 13.0. The number of halogens is 2. The van der Waals surface area contributed by atoms with E-state index in [1.807, 2.05) is 6.20 Å². The molecule has 3 heterocycles. The maximum atomic E-state index is 14.4. The van der Waals surface area contributed by atoms with Crippen LogP contribution in [0.2, 0.25) is 0 Å². The van der Waals surface area contributed by atoms with Crippen molar-refractivity contribution in [2.75, 3.05) is 6.61 Å². The maximum absolute atomic E-state index is 14.4. The number of nitrogens with zero attached hydrogens (tertiary/aromatic N) is 3. The topological polar surface area (TPSA) is 73.4 Å². The van der Waals surface area contributed by atoms with Gasteiger partial charge in [0.05, 0.1) is 22.0 Å². The number of ether oxygens (including phenoxy) is 1. The lowest BCUT2D eigenvalue weighted by Gasteiger charge is -2.38. The summed E-state index contributed by atoms with van der Waals surface area (Å²) in [6.07, 6.45) is 5.93. The Hall–Kier alpha value is -1.81. The monoisotopic (exact) mass is 464 g/mol. The zero-order valence-corrected chi connectivity index (χ0v) is 19.1. The van der Waals surface area contributed by atoms with Gasteiger partial charge in [0.15, 0.2) is 0 Å². The van der Waals surface area contributed by atoms with E-state index in [9.17, 15) is 13.0 Å². The SMILES string of the molecule is C=S(=O)(C1CCCC1)n1cc2c(n1)CN(C1CO[C@H](c3cc(F)c(C)cc3F)C(N)C1)C2. The van der Waals surface area contributed by atoms with E-state index in [0.717, 1.165) is 36.9 Å². The van der Waals surface area contributed by atoms with E-state index in [0.29, 0.717) is 26.1 Å². The first-order chi connectivity index (χ1) is 15.2. The maximum Gasteiger partial charge on any atom is 0.129 e. The average molecular weight is 465 g/mol. The zero-order chi connectivity index (χ0) is 22.6. The van der Waals surface area contributed by atoms with E-state index < -0.39 is 33.5 Å². The molecule has 4 atom stereocenters. The second-order valence-electron chi connectivity index (χ2n) is 9.44. The second kappa shape index (κ2) is 8.20. The summed E-state index contributed by atoms with van der Waals surface area (Å²) in [5.41, 5.74) is 8.77. The van der Waals surface area contributed by atoms with Crippen LogP contribution < -0.4 is 5.73 Å². The fourth-order valence-electron chi connectivity index (χ4n) is 5.28. The number of benzene rings is 1. The zero-order valence-electron chi connectivity index (χ0n) is 18.3. The standard InChI is InChI=1S/C23H30F2N4O2S/c1-14-7-20(25)18(9-19(14)24)23-21(26)8-16(13-31-23)28-10-15-11-29(27-22(15)12-28)32(2,30)17-5-3-4-6-17/h7,9,11,16-17,21,23H,2-6,8,10,12-13,26H2,1H3/t16?,21?,23-,32?/m1/s1. The Balaban J connectivity index is 1.25. The Bertz CT molecular complexity index is 1100. The molecule has 5 rings (SSSR count). The van der Waals surface area contributed by atoms with Gasteiger partial charge in [-0.3, -0.25) is 4.90 Å².